The number of likely N-dealkylation sites (tertiary alicyclic amines) is 1. The van der Waals surface area contributed by atoms with E-state index in [2.05, 4.69) is 87.0 Å². The van der Waals surface area contributed by atoms with Crippen LogP contribution in [0.2, 0.25) is 0 Å². The van der Waals surface area contributed by atoms with Crippen molar-refractivity contribution in [2.24, 2.45) is 17.3 Å². The Labute approximate surface area is 392 Å². The van der Waals surface area contributed by atoms with Gasteiger partial charge in [-0.1, -0.05) is 39.7 Å². The molecule has 1 aromatic carbocycles. The highest BCUT2D eigenvalue weighted by molar-refractivity contribution is 7.10. The molecule has 15 nitrogen and oxygen atoms in total. The molecule has 0 unspecified atom stereocenters. The van der Waals surface area contributed by atoms with Crippen molar-refractivity contribution in [3.8, 4) is 34.4 Å². The normalized spacial score (nSPS) is 22.2. The van der Waals surface area contributed by atoms with Gasteiger partial charge in [0.15, 0.2) is 0 Å². The Hall–Kier alpha value is -5.18. The molecule has 4 aliphatic rings. The minimum atomic E-state index is -0.962. The van der Waals surface area contributed by atoms with E-state index in [4.69, 9.17) is 14.5 Å². The van der Waals surface area contributed by atoms with Crippen molar-refractivity contribution in [2.45, 2.75) is 91.4 Å². The second kappa shape index (κ2) is 20.8. The third-order valence-electron chi connectivity index (χ3n) is 13.4. The molecule has 3 aromatic heterocycles. The number of aryl methyl sites for hydroxylation is 1. The molecule has 8 rings (SSSR count). The summed E-state index contributed by atoms with van der Waals surface area (Å²) < 4.78 is 13.8. The zero-order valence-corrected chi connectivity index (χ0v) is 40.1. The van der Waals surface area contributed by atoms with Gasteiger partial charge < -0.3 is 24.3 Å². The summed E-state index contributed by atoms with van der Waals surface area (Å²) in [5, 5.41) is 8.48. The van der Waals surface area contributed by atoms with Crippen molar-refractivity contribution in [1.82, 2.24) is 45.0 Å². The Morgan fingerprint density at radius 2 is 1.91 bits per heavy atom. The highest BCUT2D eigenvalue weighted by atomic mass is 32.1. The third-order valence-corrected chi connectivity index (χ3v) is 14.2. The Bertz CT molecular complexity index is 2450. The van der Waals surface area contributed by atoms with Crippen molar-refractivity contribution in [1.29, 1.82) is 0 Å². The number of benzene rings is 1. The maximum absolute atomic E-state index is 14.6. The van der Waals surface area contributed by atoms with Crippen molar-refractivity contribution in [3.05, 3.63) is 58.7 Å². The third kappa shape index (κ3) is 10.8. The molecule has 0 spiro atoms. The summed E-state index contributed by atoms with van der Waals surface area (Å²) in [5.74, 6) is 4.80. The van der Waals surface area contributed by atoms with Crippen LogP contribution in [0.1, 0.15) is 64.5 Å². The number of carbonyl (C=O) groups is 4. The molecule has 0 saturated carbocycles. The van der Waals surface area contributed by atoms with Crippen LogP contribution < -0.4 is 10.7 Å². The van der Waals surface area contributed by atoms with Crippen LogP contribution in [0.4, 0.5) is 0 Å². The number of aromatic nitrogens is 3. The number of esters is 1. The van der Waals surface area contributed by atoms with E-state index in [1.165, 1.54) is 16.3 Å². The lowest BCUT2D eigenvalue weighted by Gasteiger charge is -2.36. The number of rotatable bonds is 9. The van der Waals surface area contributed by atoms with Crippen molar-refractivity contribution >= 4 is 45.9 Å². The van der Waals surface area contributed by atoms with E-state index >= 15 is 0 Å². The lowest BCUT2D eigenvalue weighted by atomic mass is 9.84. The topological polar surface area (TPSA) is 154 Å². The van der Waals surface area contributed by atoms with Crippen LogP contribution in [0.3, 0.4) is 0 Å². The van der Waals surface area contributed by atoms with Gasteiger partial charge in [-0.3, -0.25) is 39.0 Å². The maximum Gasteiger partial charge on any atom is 0.324 e. The van der Waals surface area contributed by atoms with Crippen LogP contribution >= 0.6 is 11.3 Å². The molecule has 66 heavy (non-hydrogen) atoms. The van der Waals surface area contributed by atoms with Gasteiger partial charge >= 0.3 is 5.97 Å². The number of nitrogens with one attached hydrogen (secondary N) is 2. The Balaban J connectivity index is 1.04. The standard InChI is InChI=1S/C50H65N9O6S/c1-7-58-42-15-14-35-25-37(42)38(46(58)36-11-8-17-51-28-36)27-50(4,5)32-65-49(63)39-12-9-19-59(54-39)48(62)40(26-43-52-41(35)31-66-43)53-47(61)45(33(2)3)55(6)29-34-16-20-57(30-34)44(60)13-10-18-56-21-23-64-24-22-56/h8,11,14-15,17,25,28,31,33-34,39-40,45,54H,7,9,12,16,18-24,26-27,29-30,32H2,1-6H3,(H,53,61)/t34-,39+,40+,45+/m1/s1. The number of hydrogen-bond donors (Lipinski definition) is 2. The first-order valence-corrected chi connectivity index (χ1v) is 24.5. The molecule has 3 saturated heterocycles. The predicted molar refractivity (Wildman–Crippen MR) is 255 cm³/mol. The maximum atomic E-state index is 14.6. The van der Waals surface area contributed by atoms with E-state index in [9.17, 15) is 19.2 Å². The number of morpholine rings is 1. The Morgan fingerprint density at radius 3 is 2.67 bits per heavy atom. The van der Waals surface area contributed by atoms with E-state index in [1.54, 1.807) is 6.20 Å². The van der Waals surface area contributed by atoms with E-state index in [0.717, 1.165) is 65.0 Å². The molecule has 16 heteroatoms. The van der Waals surface area contributed by atoms with Crippen LogP contribution in [-0.2, 0) is 48.0 Å². The number of likely N-dealkylation sites (N-methyl/N-ethyl adjacent to an activating group) is 1. The highest BCUT2D eigenvalue weighted by Crippen LogP contribution is 2.40. The molecule has 2 N–H and O–H groups in total. The van der Waals surface area contributed by atoms with Gasteiger partial charge in [-0.05, 0) is 87.2 Å². The van der Waals surface area contributed by atoms with Crippen LogP contribution in [0.25, 0.3) is 33.4 Å². The summed E-state index contributed by atoms with van der Waals surface area (Å²) >= 11 is 1.46. The van der Waals surface area contributed by atoms with E-state index in [-0.39, 0.29) is 42.6 Å². The first-order chi connectivity index (χ1) is 31.8. The number of carbonyl (C=O) groups excluding carboxylic acids is 4. The summed E-state index contributed by atoms with van der Waals surface area (Å²) in [6.45, 7) is 17.1. The highest BCUT2D eigenvalue weighted by Gasteiger charge is 2.38. The number of nitrogens with zero attached hydrogens (tertiary/aromatic N) is 7. The van der Waals surface area contributed by atoms with Gasteiger partial charge in [0.2, 0.25) is 5.91 Å². The zero-order valence-electron chi connectivity index (χ0n) is 39.3. The molecule has 3 amide bonds. The molecular weight excluding hydrogens is 855 g/mol. The average Bonchev–Trinajstić information content (AvgIpc) is 4.06. The summed E-state index contributed by atoms with van der Waals surface area (Å²) in [7, 11) is 1.94. The van der Waals surface area contributed by atoms with Crippen LogP contribution in [0.5, 0.6) is 0 Å². The Morgan fingerprint density at radius 1 is 1.09 bits per heavy atom. The minimum absolute atomic E-state index is 0.0847. The summed E-state index contributed by atoms with van der Waals surface area (Å²) in [5.41, 5.74) is 8.86. The summed E-state index contributed by atoms with van der Waals surface area (Å²) in [6.07, 6.45) is 6.41. The second-order valence-electron chi connectivity index (χ2n) is 19.4. The molecule has 352 valence electrons. The number of thiazole rings is 1. The fourth-order valence-electron chi connectivity index (χ4n) is 10.1. The number of hydrogen-bond acceptors (Lipinski definition) is 12. The zero-order chi connectivity index (χ0) is 46.5. The summed E-state index contributed by atoms with van der Waals surface area (Å²) in [6, 6.07) is 8.26. The molecule has 0 aliphatic carbocycles. The second-order valence-corrected chi connectivity index (χ2v) is 20.4. The quantitative estimate of drug-likeness (QED) is 0.179. The smallest absolute Gasteiger partial charge is 0.324 e. The molecule has 4 aliphatic heterocycles. The molecule has 3 fully saturated rings. The molecule has 4 aromatic rings. The number of amides is 3. The molecule has 0 radical (unpaired) electrons. The fourth-order valence-corrected chi connectivity index (χ4v) is 10.9. The molecular formula is C50H65N9O6S. The van der Waals surface area contributed by atoms with Gasteiger partial charge in [0, 0.05) is 97.5 Å². The van der Waals surface area contributed by atoms with Crippen molar-refractivity contribution in [2.75, 3.05) is 72.7 Å². The summed E-state index contributed by atoms with van der Waals surface area (Å²) in [4.78, 5) is 71.7. The van der Waals surface area contributed by atoms with E-state index in [1.807, 2.05) is 43.4 Å². The number of fused-ring (bicyclic) bond motifs is 6. The van der Waals surface area contributed by atoms with Gasteiger partial charge in [0.25, 0.3) is 11.8 Å². The average molecular weight is 920 g/mol. The monoisotopic (exact) mass is 919 g/mol. The molecule has 7 heterocycles. The Kier molecular flexibility index (Phi) is 14.9. The van der Waals surface area contributed by atoms with E-state index < -0.39 is 29.5 Å². The number of cyclic esters (lactones) is 1. The first-order valence-electron chi connectivity index (χ1n) is 23.6. The van der Waals surface area contributed by atoms with Crippen molar-refractivity contribution < 1.29 is 28.7 Å². The first kappa shape index (κ1) is 47.3. The van der Waals surface area contributed by atoms with Crippen LogP contribution in [-0.4, -0.2) is 149 Å². The van der Waals surface area contributed by atoms with Crippen molar-refractivity contribution in [3.63, 3.8) is 0 Å². The fraction of sp³-hybridized carbons (Fsp3) is 0.560. The molecule has 6 bridgehead atoms. The van der Waals surface area contributed by atoms with Gasteiger partial charge in [-0.15, -0.1) is 11.3 Å². The number of ether oxygens (including phenoxy) is 2. The van der Waals surface area contributed by atoms with Crippen LogP contribution in [0.15, 0.2) is 48.1 Å². The van der Waals surface area contributed by atoms with Crippen LogP contribution in [0, 0.1) is 29.1 Å². The molecule has 4 atom stereocenters. The lowest BCUT2D eigenvalue weighted by molar-refractivity contribution is -0.155. The van der Waals surface area contributed by atoms with E-state index in [0.29, 0.717) is 70.2 Å². The van der Waals surface area contributed by atoms with Gasteiger partial charge in [0.1, 0.15) is 12.1 Å². The van der Waals surface area contributed by atoms with Gasteiger partial charge in [0.05, 0.1) is 48.8 Å². The minimum Gasteiger partial charge on any atom is -0.464 e. The SMILES string of the molecule is CCn1c(-c2cccnc2)c2c3cc(ccc31)-c1csc(n1)C[C@H](NC(=O)[C@H](C(C)C)N(C)C[C@H]1CCN(C(=O)C#CCN3CCOCC3)C1)C(=O)N1CCC[C@H](N1)C(=O)OCC(C)(C)C2. The number of pyridine rings is 1. The lowest BCUT2D eigenvalue weighted by Crippen LogP contribution is -2.62. The predicted octanol–water partition coefficient (Wildman–Crippen LogP) is 4.64. The van der Waals surface area contributed by atoms with Gasteiger partial charge in [-0.25, -0.2) is 10.4 Å². The van der Waals surface area contributed by atoms with Gasteiger partial charge in [-0.2, -0.15) is 0 Å². The largest absolute Gasteiger partial charge is 0.464 e. The number of hydrazine groups is 1.